The maximum Gasteiger partial charge on any atom is 0.114 e. The maximum atomic E-state index is 6.29. The molecule has 0 spiro atoms. The van der Waals surface area contributed by atoms with E-state index in [2.05, 4.69) is 63.2 Å². The van der Waals surface area contributed by atoms with Gasteiger partial charge in [-0.2, -0.15) is 0 Å². The van der Waals surface area contributed by atoms with Crippen molar-refractivity contribution in [2.75, 3.05) is 0 Å². The molecular formula is C18H21B. The van der Waals surface area contributed by atoms with Crippen LogP contribution in [0.25, 0.3) is 0 Å². The summed E-state index contributed by atoms with van der Waals surface area (Å²) in [5.41, 5.74) is 6.29. The molecule has 0 aliphatic carbocycles. The lowest BCUT2D eigenvalue weighted by atomic mass is 9.80. The molecule has 0 aliphatic heterocycles. The Bertz CT molecular complexity index is 555. The van der Waals surface area contributed by atoms with Crippen LogP contribution < -0.4 is 5.46 Å². The number of benzene rings is 2. The van der Waals surface area contributed by atoms with Gasteiger partial charge in [0.25, 0.3) is 0 Å². The monoisotopic (exact) mass is 248 g/mol. The van der Waals surface area contributed by atoms with E-state index in [0.29, 0.717) is 5.92 Å². The van der Waals surface area contributed by atoms with Crippen LogP contribution in [0.1, 0.15) is 42.0 Å². The Morgan fingerprint density at radius 3 is 2.21 bits per heavy atom. The van der Waals surface area contributed by atoms with E-state index in [1.807, 2.05) is 0 Å². The number of rotatable bonds is 4. The van der Waals surface area contributed by atoms with Crippen molar-refractivity contribution in [1.29, 1.82) is 0 Å². The normalized spacial score (nSPS) is 10.9. The van der Waals surface area contributed by atoms with Crippen molar-refractivity contribution >= 4 is 13.3 Å². The highest BCUT2D eigenvalue weighted by molar-refractivity contribution is 6.34. The summed E-state index contributed by atoms with van der Waals surface area (Å²) in [5, 5.41) is 0. The van der Waals surface area contributed by atoms with Gasteiger partial charge in [-0.05, 0) is 36.8 Å². The maximum absolute atomic E-state index is 6.29. The molecule has 2 aromatic carbocycles. The summed E-state index contributed by atoms with van der Waals surface area (Å²) in [6, 6.07) is 15.0. The highest BCUT2D eigenvalue weighted by atomic mass is 14.1. The van der Waals surface area contributed by atoms with Crippen molar-refractivity contribution in [3.05, 3.63) is 64.7 Å². The fourth-order valence-electron chi connectivity index (χ4n) is 2.51. The Hall–Kier alpha value is -1.50. The van der Waals surface area contributed by atoms with E-state index in [1.165, 1.54) is 22.3 Å². The molecule has 0 N–H and O–H groups in total. The van der Waals surface area contributed by atoms with E-state index in [9.17, 15) is 0 Å². The lowest BCUT2D eigenvalue weighted by Gasteiger charge is -2.15. The van der Waals surface area contributed by atoms with Gasteiger partial charge in [0.1, 0.15) is 7.85 Å². The molecule has 0 fully saturated rings. The van der Waals surface area contributed by atoms with Crippen molar-refractivity contribution in [2.45, 2.75) is 39.5 Å². The minimum absolute atomic E-state index is 0.485. The molecule has 0 nitrogen and oxygen atoms in total. The van der Waals surface area contributed by atoms with Crippen LogP contribution in [0.2, 0.25) is 0 Å². The topological polar surface area (TPSA) is 0 Å². The summed E-state index contributed by atoms with van der Waals surface area (Å²) in [7, 11) is 6.29. The Morgan fingerprint density at radius 1 is 0.895 bits per heavy atom. The molecule has 96 valence electrons. The van der Waals surface area contributed by atoms with Crippen molar-refractivity contribution in [3.8, 4) is 0 Å². The van der Waals surface area contributed by atoms with Gasteiger partial charge in [-0.25, -0.2) is 0 Å². The molecule has 0 heterocycles. The summed E-state index contributed by atoms with van der Waals surface area (Å²) < 4.78 is 0. The fraction of sp³-hybridized carbons (Fsp3) is 0.333. The summed E-state index contributed by atoms with van der Waals surface area (Å²) in [4.78, 5) is 0. The lowest BCUT2D eigenvalue weighted by Crippen LogP contribution is -2.18. The Balaban J connectivity index is 2.16. The van der Waals surface area contributed by atoms with Crippen molar-refractivity contribution < 1.29 is 0 Å². The zero-order chi connectivity index (χ0) is 13.8. The second-order valence-electron chi connectivity index (χ2n) is 5.50. The molecule has 19 heavy (non-hydrogen) atoms. The standard InChI is InChI=1S/C18H21B/c1-13(2)17-10-6-9-16(18(17)19)12-11-15-8-5-4-7-14(15)3/h4-10,13H,11-12H2,1-3H3. The van der Waals surface area contributed by atoms with Gasteiger partial charge in [0.05, 0.1) is 0 Å². The zero-order valence-electron chi connectivity index (χ0n) is 12.1. The summed E-state index contributed by atoms with van der Waals surface area (Å²) >= 11 is 0. The van der Waals surface area contributed by atoms with Crippen LogP contribution in [-0.4, -0.2) is 7.85 Å². The predicted octanol–water partition coefficient (Wildman–Crippen LogP) is 3.70. The van der Waals surface area contributed by atoms with E-state index < -0.39 is 0 Å². The fourth-order valence-corrected chi connectivity index (χ4v) is 2.51. The predicted molar refractivity (Wildman–Crippen MR) is 84.5 cm³/mol. The van der Waals surface area contributed by atoms with Crippen molar-refractivity contribution in [3.63, 3.8) is 0 Å². The highest BCUT2D eigenvalue weighted by Crippen LogP contribution is 2.15. The van der Waals surface area contributed by atoms with Crippen LogP contribution in [0.5, 0.6) is 0 Å². The minimum atomic E-state index is 0.485. The largest absolute Gasteiger partial charge is 0.114 e. The summed E-state index contributed by atoms with van der Waals surface area (Å²) in [6.07, 6.45) is 2.07. The molecule has 2 radical (unpaired) electrons. The van der Waals surface area contributed by atoms with Gasteiger partial charge in [-0.15, -0.1) is 0 Å². The van der Waals surface area contributed by atoms with Crippen LogP contribution in [0.15, 0.2) is 42.5 Å². The van der Waals surface area contributed by atoms with Crippen molar-refractivity contribution in [1.82, 2.24) is 0 Å². The lowest BCUT2D eigenvalue weighted by molar-refractivity contribution is 0.866. The van der Waals surface area contributed by atoms with Gasteiger partial charge in [0, 0.05) is 0 Å². The second-order valence-corrected chi connectivity index (χ2v) is 5.50. The van der Waals surface area contributed by atoms with Gasteiger partial charge in [-0.1, -0.05) is 72.9 Å². The van der Waals surface area contributed by atoms with E-state index in [0.717, 1.165) is 18.3 Å². The first-order valence-electron chi connectivity index (χ1n) is 7.01. The SMILES string of the molecule is [B]c1c(CCc2ccccc2C)cccc1C(C)C. The molecule has 0 unspecified atom stereocenters. The average molecular weight is 248 g/mol. The molecule has 2 aromatic rings. The first-order chi connectivity index (χ1) is 9.09. The highest BCUT2D eigenvalue weighted by Gasteiger charge is 2.07. The van der Waals surface area contributed by atoms with Crippen LogP contribution >= 0.6 is 0 Å². The second kappa shape index (κ2) is 6.10. The third kappa shape index (κ3) is 3.29. The first kappa shape index (κ1) is 13.9. The zero-order valence-corrected chi connectivity index (χ0v) is 12.1. The molecule has 0 aromatic heterocycles. The molecule has 0 amide bonds. The molecule has 0 bridgehead atoms. The molecule has 0 saturated carbocycles. The summed E-state index contributed by atoms with van der Waals surface area (Å²) in [6.45, 7) is 6.55. The van der Waals surface area contributed by atoms with Gasteiger partial charge in [-0.3, -0.25) is 0 Å². The van der Waals surface area contributed by atoms with E-state index in [-0.39, 0.29) is 0 Å². The molecular weight excluding hydrogens is 227 g/mol. The molecule has 0 saturated heterocycles. The number of hydrogen-bond donors (Lipinski definition) is 0. The smallest absolute Gasteiger partial charge is 0.0901 e. The van der Waals surface area contributed by atoms with Gasteiger partial charge >= 0.3 is 0 Å². The first-order valence-corrected chi connectivity index (χ1v) is 7.01. The van der Waals surface area contributed by atoms with E-state index in [1.54, 1.807) is 0 Å². The quantitative estimate of drug-likeness (QED) is 0.724. The number of hydrogen-bond acceptors (Lipinski definition) is 0. The third-order valence-electron chi connectivity index (χ3n) is 3.78. The molecule has 0 atom stereocenters. The van der Waals surface area contributed by atoms with Crippen molar-refractivity contribution in [2.24, 2.45) is 0 Å². The third-order valence-corrected chi connectivity index (χ3v) is 3.78. The molecule has 2 rings (SSSR count). The van der Waals surface area contributed by atoms with E-state index in [4.69, 9.17) is 7.85 Å². The van der Waals surface area contributed by atoms with Crippen LogP contribution in [-0.2, 0) is 12.8 Å². The number of aryl methyl sites for hydroxylation is 3. The van der Waals surface area contributed by atoms with Crippen LogP contribution in [0.3, 0.4) is 0 Å². The van der Waals surface area contributed by atoms with E-state index >= 15 is 0 Å². The Morgan fingerprint density at radius 2 is 1.53 bits per heavy atom. The minimum Gasteiger partial charge on any atom is -0.0901 e. The summed E-state index contributed by atoms with van der Waals surface area (Å²) in [5.74, 6) is 0.485. The Kier molecular flexibility index (Phi) is 4.47. The average Bonchev–Trinajstić information content (AvgIpc) is 2.39. The van der Waals surface area contributed by atoms with Gasteiger partial charge in [0.2, 0.25) is 0 Å². The van der Waals surface area contributed by atoms with Crippen LogP contribution in [0, 0.1) is 6.92 Å². The molecule has 0 aliphatic rings. The Labute approximate surface area is 118 Å². The van der Waals surface area contributed by atoms with Crippen LogP contribution in [0.4, 0.5) is 0 Å². The molecule has 1 heteroatoms. The van der Waals surface area contributed by atoms with Gasteiger partial charge in [0.15, 0.2) is 0 Å². The van der Waals surface area contributed by atoms with Gasteiger partial charge < -0.3 is 0 Å².